The quantitative estimate of drug-likeness (QED) is 0.783. The van der Waals surface area contributed by atoms with Crippen molar-refractivity contribution in [2.24, 2.45) is 17.3 Å². The van der Waals surface area contributed by atoms with Crippen LogP contribution in [0.2, 0.25) is 0 Å². The summed E-state index contributed by atoms with van der Waals surface area (Å²) < 4.78 is 10.9. The highest BCUT2D eigenvalue weighted by Crippen LogP contribution is 2.45. The molecule has 3 heterocycles. The molecule has 21 heavy (non-hydrogen) atoms. The number of carbonyl (C=O) groups excluding carboxylic acids is 1. The molecule has 0 saturated carbocycles. The molecular weight excluding hydrogens is 266 g/mol. The highest BCUT2D eigenvalue weighted by Gasteiger charge is 2.46. The van der Waals surface area contributed by atoms with Crippen molar-refractivity contribution < 1.29 is 14.3 Å². The number of fused-ring (bicyclic) bond motifs is 2. The van der Waals surface area contributed by atoms with Gasteiger partial charge in [0.05, 0.1) is 13.2 Å². The van der Waals surface area contributed by atoms with Crippen molar-refractivity contribution in [3.05, 3.63) is 0 Å². The van der Waals surface area contributed by atoms with Crippen LogP contribution in [0.1, 0.15) is 52.9 Å². The summed E-state index contributed by atoms with van der Waals surface area (Å²) in [4.78, 5) is 14.5. The van der Waals surface area contributed by atoms with Crippen molar-refractivity contribution in [2.45, 2.75) is 65.0 Å². The third-order valence-corrected chi connectivity index (χ3v) is 5.64. The largest absolute Gasteiger partial charge is 0.449 e. The van der Waals surface area contributed by atoms with Gasteiger partial charge in [-0.3, -0.25) is 0 Å². The van der Waals surface area contributed by atoms with Crippen LogP contribution in [0.5, 0.6) is 0 Å². The van der Waals surface area contributed by atoms with Crippen LogP contribution in [-0.2, 0) is 9.47 Å². The fourth-order valence-electron chi connectivity index (χ4n) is 4.16. The molecule has 3 atom stereocenters. The van der Waals surface area contributed by atoms with Crippen LogP contribution < -0.4 is 0 Å². The van der Waals surface area contributed by atoms with Gasteiger partial charge in [-0.1, -0.05) is 20.8 Å². The molecule has 2 bridgehead atoms. The molecule has 4 nitrogen and oxygen atoms in total. The van der Waals surface area contributed by atoms with E-state index in [1.54, 1.807) is 0 Å². The fourth-order valence-corrected chi connectivity index (χ4v) is 4.16. The van der Waals surface area contributed by atoms with Gasteiger partial charge >= 0.3 is 6.09 Å². The van der Waals surface area contributed by atoms with Gasteiger partial charge < -0.3 is 14.4 Å². The Morgan fingerprint density at radius 1 is 1.19 bits per heavy atom. The standard InChI is InChI=1S/C17H29NO3/c1-17(2,3)13-8-14-4-5-15(9-13)18(14)16(19)21-11-12-6-7-20-10-12/h12-15H,4-11H2,1-3H3. The number of ether oxygens (including phenoxy) is 2. The number of carbonyl (C=O) groups is 1. The van der Waals surface area contributed by atoms with Gasteiger partial charge in [-0.2, -0.15) is 0 Å². The molecule has 0 aromatic heterocycles. The zero-order chi connectivity index (χ0) is 15.0. The molecule has 0 aromatic rings. The first kappa shape index (κ1) is 15.1. The van der Waals surface area contributed by atoms with E-state index in [4.69, 9.17) is 9.47 Å². The predicted molar refractivity (Wildman–Crippen MR) is 81.1 cm³/mol. The lowest BCUT2D eigenvalue weighted by Gasteiger charge is -2.43. The summed E-state index contributed by atoms with van der Waals surface area (Å²) in [7, 11) is 0. The van der Waals surface area contributed by atoms with Gasteiger partial charge in [-0.05, 0) is 43.4 Å². The first-order valence-electron chi connectivity index (χ1n) is 8.48. The summed E-state index contributed by atoms with van der Waals surface area (Å²) in [6, 6.07) is 0.806. The number of hydrogen-bond donors (Lipinski definition) is 0. The number of nitrogens with zero attached hydrogens (tertiary/aromatic N) is 1. The second-order valence-electron chi connectivity index (χ2n) is 8.13. The zero-order valence-electron chi connectivity index (χ0n) is 13.6. The Hall–Kier alpha value is -0.770. The average Bonchev–Trinajstić information content (AvgIpc) is 3.01. The van der Waals surface area contributed by atoms with Gasteiger partial charge in [0, 0.05) is 24.6 Å². The van der Waals surface area contributed by atoms with E-state index >= 15 is 0 Å². The van der Waals surface area contributed by atoms with Crippen LogP contribution in [0, 0.1) is 17.3 Å². The number of rotatable bonds is 2. The van der Waals surface area contributed by atoms with Crippen molar-refractivity contribution in [1.29, 1.82) is 0 Å². The maximum atomic E-state index is 12.4. The lowest BCUT2D eigenvalue weighted by molar-refractivity contribution is 0.0285. The molecule has 0 spiro atoms. The summed E-state index contributed by atoms with van der Waals surface area (Å²) in [5.41, 5.74) is 0.345. The third kappa shape index (κ3) is 3.20. The van der Waals surface area contributed by atoms with E-state index in [2.05, 4.69) is 25.7 Å². The Balaban J connectivity index is 1.55. The highest BCUT2D eigenvalue weighted by molar-refractivity contribution is 5.69. The van der Waals surface area contributed by atoms with Gasteiger partial charge in [0.15, 0.2) is 0 Å². The normalized spacial score (nSPS) is 36.0. The lowest BCUT2D eigenvalue weighted by Crippen LogP contribution is -2.49. The van der Waals surface area contributed by atoms with E-state index in [0.717, 1.165) is 51.2 Å². The second-order valence-corrected chi connectivity index (χ2v) is 8.13. The van der Waals surface area contributed by atoms with E-state index in [9.17, 15) is 4.79 Å². The predicted octanol–water partition coefficient (Wildman–Crippen LogP) is 3.45. The van der Waals surface area contributed by atoms with Crippen molar-refractivity contribution in [2.75, 3.05) is 19.8 Å². The van der Waals surface area contributed by atoms with E-state index in [1.165, 1.54) is 0 Å². The van der Waals surface area contributed by atoms with Crippen molar-refractivity contribution in [3.8, 4) is 0 Å². The van der Waals surface area contributed by atoms with Crippen LogP contribution >= 0.6 is 0 Å². The summed E-state index contributed by atoms with van der Waals surface area (Å²) in [6.07, 6.45) is 5.52. The molecule has 3 fully saturated rings. The molecule has 4 heteroatoms. The van der Waals surface area contributed by atoms with E-state index in [0.29, 0.717) is 30.0 Å². The first-order chi connectivity index (χ1) is 9.95. The van der Waals surface area contributed by atoms with E-state index in [1.807, 2.05) is 0 Å². The molecule has 0 aliphatic carbocycles. The fraction of sp³-hybridized carbons (Fsp3) is 0.941. The molecule has 0 N–H and O–H groups in total. The van der Waals surface area contributed by atoms with E-state index < -0.39 is 0 Å². The number of piperidine rings is 1. The van der Waals surface area contributed by atoms with Crippen LogP contribution in [0.25, 0.3) is 0 Å². The number of hydrogen-bond acceptors (Lipinski definition) is 3. The monoisotopic (exact) mass is 295 g/mol. The molecule has 120 valence electrons. The molecule has 3 saturated heterocycles. The Bertz CT molecular complexity index is 370. The Morgan fingerprint density at radius 2 is 1.86 bits per heavy atom. The minimum absolute atomic E-state index is 0.0817. The van der Waals surface area contributed by atoms with Crippen LogP contribution in [0.15, 0.2) is 0 Å². The van der Waals surface area contributed by atoms with Crippen LogP contribution in [0.3, 0.4) is 0 Å². The average molecular weight is 295 g/mol. The molecule has 0 radical (unpaired) electrons. The van der Waals surface area contributed by atoms with E-state index in [-0.39, 0.29) is 6.09 Å². The van der Waals surface area contributed by atoms with Crippen molar-refractivity contribution in [3.63, 3.8) is 0 Å². The highest BCUT2D eigenvalue weighted by atomic mass is 16.6. The summed E-state index contributed by atoms with van der Waals surface area (Å²) in [6.45, 7) is 9.05. The maximum Gasteiger partial charge on any atom is 0.410 e. The van der Waals surface area contributed by atoms with Gasteiger partial charge in [-0.15, -0.1) is 0 Å². The SMILES string of the molecule is CC(C)(C)C1CC2CCC(C1)N2C(=O)OCC1CCOC1. The molecule has 3 unspecified atom stereocenters. The molecular formula is C17H29NO3. The number of amides is 1. The summed E-state index contributed by atoms with van der Waals surface area (Å²) >= 11 is 0. The van der Waals surface area contributed by atoms with Crippen LogP contribution in [-0.4, -0.2) is 42.9 Å². The third-order valence-electron chi connectivity index (χ3n) is 5.64. The smallest absolute Gasteiger partial charge is 0.410 e. The maximum absolute atomic E-state index is 12.4. The molecule has 0 aromatic carbocycles. The lowest BCUT2D eigenvalue weighted by atomic mass is 9.73. The molecule has 1 amide bonds. The minimum Gasteiger partial charge on any atom is -0.449 e. The molecule has 3 rings (SSSR count). The molecule has 3 aliphatic rings. The minimum atomic E-state index is -0.0817. The van der Waals surface area contributed by atoms with Gasteiger partial charge in [0.1, 0.15) is 0 Å². The summed E-state index contributed by atoms with van der Waals surface area (Å²) in [5.74, 6) is 1.13. The topological polar surface area (TPSA) is 38.8 Å². The summed E-state index contributed by atoms with van der Waals surface area (Å²) in [5, 5.41) is 0. The first-order valence-corrected chi connectivity index (χ1v) is 8.48. The van der Waals surface area contributed by atoms with Crippen LogP contribution in [0.4, 0.5) is 4.79 Å². The Labute approximate surface area is 128 Å². The van der Waals surface area contributed by atoms with Gasteiger partial charge in [-0.25, -0.2) is 4.79 Å². The Morgan fingerprint density at radius 3 is 2.38 bits per heavy atom. The van der Waals surface area contributed by atoms with Crippen molar-refractivity contribution in [1.82, 2.24) is 4.90 Å². The molecule has 3 aliphatic heterocycles. The van der Waals surface area contributed by atoms with Gasteiger partial charge in [0.2, 0.25) is 0 Å². The Kier molecular flexibility index (Phi) is 4.17. The van der Waals surface area contributed by atoms with Crippen molar-refractivity contribution >= 4 is 6.09 Å². The second kappa shape index (κ2) is 5.79. The zero-order valence-corrected chi connectivity index (χ0v) is 13.6. The van der Waals surface area contributed by atoms with Gasteiger partial charge in [0.25, 0.3) is 0 Å².